The van der Waals surface area contributed by atoms with Crippen molar-refractivity contribution in [2.24, 2.45) is 5.92 Å². The molecule has 0 radical (unpaired) electrons. The number of ether oxygens (including phenoxy) is 1. The molecule has 4 rings (SSSR count). The van der Waals surface area contributed by atoms with Crippen LogP contribution in [0.15, 0.2) is 41.3 Å². The van der Waals surface area contributed by atoms with Crippen LogP contribution in [-0.2, 0) is 28.0 Å². The van der Waals surface area contributed by atoms with Crippen molar-refractivity contribution in [1.82, 2.24) is 4.72 Å². The van der Waals surface area contributed by atoms with Gasteiger partial charge in [0.25, 0.3) is 5.91 Å². The average Bonchev–Trinajstić information content (AvgIpc) is 3.40. The number of rotatable bonds is 8. The zero-order valence-corrected chi connectivity index (χ0v) is 18.0. The van der Waals surface area contributed by atoms with E-state index >= 15 is 0 Å². The van der Waals surface area contributed by atoms with Crippen LogP contribution in [0.25, 0.3) is 0 Å². The zero-order valence-electron chi connectivity index (χ0n) is 17.2. The SMILES string of the molecule is CC(C)NS(=O)(=O)c1cc(NCC2CC2)cc(C(=O)Nc2ccc3c(c2)COC3)c1. The third-order valence-corrected chi connectivity index (χ3v) is 6.78. The molecule has 160 valence electrons. The molecule has 3 N–H and O–H groups in total. The normalized spacial score (nSPS) is 15.8. The van der Waals surface area contributed by atoms with Crippen molar-refractivity contribution in [3.05, 3.63) is 53.1 Å². The largest absolute Gasteiger partial charge is 0.385 e. The fourth-order valence-corrected chi connectivity index (χ4v) is 4.72. The second-order valence-electron chi connectivity index (χ2n) is 8.28. The summed E-state index contributed by atoms with van der Waals surface area (Å²) in [5.41, 5.74) is 3.74. The molecular formula is C22H27N3O4S. The number of hydrogen-bond acceptors (Lipinski definition) is 5. The third kappa shape index (κ3) is 5.00. The molecule has 8 heteroatoms. The van der Waals surface area contributed by atoms with Crippen molar-refractivity contribution in [1.29, 1.82) is 0 Å². The number of fused-ring (bicyclic) bond motifs is 1. The van der Waals surface area contributed by atoms with Gasteiger partial charge < -0.3 is 15.4 Å². The van der Waals surface area contributed by atoms with Gasteiger partial charge in [0.1, 0.15) is 0 Å². The van der Waals surface area contributed by atoms with E-state index in [4.69, 9.17) is 4.74 Å². The summed E-state index contributed by atoms with van der Waals surface area (Å²) in [5, 5.41) is 6.15. The Morgan fingerprint density at radius 2 is 1.83 bits per heavy atom. The maximum absolute atomic E-state index is 12.9. The van der Waals surface area contributed by atoms with E-state index < -0.39 is 10.0 Å². The molecule has 1 fully saturated rings. The maximum atomic E-state index is 12.9. The Labute approximate surface area is 177 Å². The van der Waals surface area contributed by atoms with Crippen molar-refractivity contribution in [2.75, 3.05) is 17.2 Å². The van der Waals surface area contributed by atoms with Crippen molar-refractivity contribution < 1.29 is 17.9 Å². The second-order valence-corrected chi connectivity index (χ2v) is 9.99. The Morgan fingerprint density at radius 1 is 1.07 bits per heavy atom. The number of benzene rings is 2. The van der Waals surface area contributed by atoms with Gasteiger partial charge in [0.15, 0.2) is 0 Å². The van der Waals surface area contributed by atoms with Crippen LogP contribution in [0.4, 0.5) is 11.4 Å². The Bertz CT molecular complexity index is 1060. The van der Waals surface area contributed by atoms with Crippen LogP contribution < -0.4 is 15.4 Å². The first kappa shape index (κ1) is 20.8. The summed E-state index contributed by atoms with van der Waals surface area (Å²) in [6, 6.07) is 10.1. The second kappa shape index (κ2) is 8.37. The highest BCUT2D eigenvalue weighted by Gasteiger charge is 2.23. The van der Waals surface area contributed by atoms with E-state index in [2.05, 4.69) is 15.4 Å². The molecule has 1 aliphatic heterocycles. The summed E-state index contributed by atoms with van der Waals surface area (Å²) in [4.78, 5) is 13.0. The van der Waals surface area contributed by atoms with Crippen LogP contribution in [-0.4, -0.2) is 26.9 Å². The van der Waals surface area contributed by atoms with E-state index in [1.54, 1.807) is 26.0 Å². The molecule has 1 amide bonds. The average molecular weight is 430 g/mol. The summed E-state index contributed by atoms with van der Waals surface area (Å²) in [6.45, 7) is 5.41. The Kier molecular flexibility index (Phi) is 5.81. The highest BCUT2D eigenvalue weighted by Crippen LogP contribution is 2.30. The van der Waals surface area contributed by atoms with Gasteiger partial charge in [-0.05, 0) is 74.1 Å². The zero-order chi connectivity index (χ0) is 21.3. The molecule has 0 saturated heterocycles. The van der Waals surface area contributed by atoms with Crippen LogP contribution in [0.2, 0.25) is 0 Å². The summed E-state index contributed by atoms with van der Waals surface area (Å²) in [6.07, 6.45) is 2.35. The molecule has 0 unspecified atom stereocenters. The molecule has 0 bridgehead atoms. The molecule has 1 aliphatic carbocycles. The lowest BCUT2D eigenvalue weighted by Crippen LogP contribution is -2.30. The van der Waals surface area contributed by atoms with Gasteiger partial charge in [-0.2, -0.15) is 0 Å². The predicted molar refractivity (Wildman–Crippen MR) is 116 cm³/mol. The molecule has 0 atom stereocenters. The number of amides is 1. The Balaban J connectivity index is 1.60. The monoisotopic (exact) mass is 429 g/mol. The first-order chi connectivity index (χ1) is 14.3. The first-order valence-electron chi connectivity index (χ1n) is 10.2. The quantitative estimate of drug-likeness (QED) is 0.597. The van der Waals surface area contributed by atoms with Gasteiger partial charge in [-0.15, -0.1) is 0 Å². The minimum Gasteiger partial charge on any atom is -0.385 e. The van der Waals surface area contributed by atoms with Crippen LogP contribution in [0.5, 0.6) is 0 Å². The minimum atomic E-state index is -3.73. The molecule has 30 heavy (non-hydrogen) atoms. The van der Waals surface area contributed by atoms with Gasteiger partial charge >= 0.3 is 0 Å². The van der Waals surface area contributed by atoms with E-state index in [0.29, 0.717) is 30.5 Å². The Morgan fingerprint density at radius 3 is 2.57 bits per heavy atom. The molecule has 0 spiro atoms. The van der Waals surface area contributed by atoms with E-state index in [-0.39, 0.29) is 22.4 Å². The van der Waals surface area contributed by atoms with Gasteiger partial charge in [-0.1, -0.05) is 6.07 Å². The topological polar surface area (TPSA) is 96.5 Å². The highest BCUT2D eigenvalue weighted by molar-refractivity contribution is 7.89. The first-order valence-corrected chi connectivity index (χ1v) is 11.7. The fourth-order valence-electron chi connectivity index (χ4n) is 3.40. The summed E-state index contributed by atoms with van der Waals surface area (Å²) in [7, 11) is -3.73. The summed E-state index contributed by atoms with van der Waals surface area (Å²) < 4.78 is 33.4. The molecule has 1 saturated carbocycles. The summed E-state index contributed by atoms with van der Waals surface area (Å²) >= 11 is 0. The maximum Gasteiger partial charge on any atom is 0.255 e. The molecule has 2 aromatic rings. The smallest absolute Gasteiger partial charge is 0.255 e. The van der Waals surface area contributed by atoms with E-state index in [1.165, 1.54) is 18.9 Å². The van der Waals surface area contributed by atoms with Gasteiger partial charge in [0.05, 0.1) is 18.1 Å². The molecule has 2 aromatic carbocycles. The van der Waals surface area contributed by atoms with Crippen molar-refractivity contribution in [2.45, 2.75) is 50.8 Å². The highest BCUT2D eigenvalue weighted by atomic mass is 32.2. The van der Waals surface area contributed by atoms with Crippen molar-refractivity contribution in [3.63, 3.8) is 0 Å². The van der Waals surface area contributed by atoms with Gasteiger partial charge in [-0.3, -0.25) is 4.79 Å². The predicted octanol–water partition coefficient (Wildman–Crippen LogP) is 3.48. The van der Waals surface area contributed by atoms with Crippen molar-refractivity contribution >= 4 is 27.3 Å². The number of anilines is 2. The van der Waals surface area contributed by atoms with Crippen molar-refractivity contribution in [3.8, 4) is 0 Å². The molecule has 1 heterocycles. The standard InChI is InChI=1S/C22H27N3O4S/c1-14(2)25-30(27,28)21-9-17(7-20(10-21)23-11-15-3-4-15)22(26)24-19-6-5-16-12-29-13-18(16)8-19/h5-10,14-15,23,25H,3-4,11-13H2,1-2H3,(H,24,26). The van der Waals surface area contributed by atoms with E-state index in [1.807, 2.05) is 18.2 Å². The molecule has 2 aliphatic rings. The molecular weight excluding hydrogens is 402 g/mol. The van der Waals surface area contributed by atoms with Gasteiger partial charge in [-0.25, -0.2) is 13.1 Å². The lowest BCUT2D eigenvalue weighted by atomic mass is 10.1. The van der Waals surface area contributed by atoms with E-state index in [0.717, 1.165) is 17.7 Å². The third-order valence-electron chi connectivity index (χ3n) is 5.14. The van der Waals surface area contributed by atoms with Crippen LogP contribution in [0.3, 0.4) is 0 Å². The van der Waals surface area contributed by atoms with Gasteiger partial charge in [0.2, 0.25) is 10.0 Å². The van der Waals surface area contributed by atoms with Gasteiger partial charge in [0, 0.05) is 29.5 Å². The number of hydrogen-bond donors (Lipinski definition) is 3. The summed E-state index contributed by atoms with van der Waals surface area (Å²) in [5.74, 6) is 0.259. The lowest BCUT2D eigenvalue weighted by molar-refractivity contribution is 0.102. The minimum absolute atomic E-state index is 0.0736. The number of sulfonamides is 1. The van der Waals surface area contributed by atoms with Crippen LogP contribution in [0, 0.1) is 5.92 Å². The number of carbonyl (C=O) groups excluding carboxylic acids is 1. The Hall–Kier alpha value is -2.42. The molecule has 0 aromatic heterocycles. The lowest BCUT2D eigenvalue weighted by Gasteiger charge is -2.14. The number of carbonyl (C=O) groups is 1. The fraction of sp³-hybridized carbons (Fsp3) is 0.409. The van der Waals surface area contributed by atoms with Crippen LogP contribution in [0.1, 0.15) is 48.2 Å². The van der Waals surface area contributed by atoms with Crippen LogP contribution >= 0.6 is 0 Å². The molecule has 7 nitrogen and oxygen atoms in total. The van der Waals surface area contributed by atoms with E-state index in [9.17, 15) is 13.2 Å². The number of nitrogens with one attached hydrogen (secondary N) is 3.